The van der Waals surface area contributed by atoms with E-state index in [2.05, 4.69) is 21.7 Å². The van der Waals surface area contributed by atoms with Gasteiger partial charge in [-0.3, -0.25) is 4.98 Å². The molecule has 2 fully saturated rings. The van der Waals surface area contributed by atoms with Gasteiger partial charge in [0.1, 0.15) is 5.60 Å². The highest BCUT2D eigenvalue weighted by Crippen LogP contribution is 2.25. The molecule has 162 valence electrons. The van der Waals surface area contributed by atoms with Crippen molar-refractivity contribution in [2.24, 2.45) is 11.8 Å². The lowest BCUT2D eigenvalue weighted by Gasteiger charge is -2.33. The lowest BCUT2D eigenvalue weighted by Crippen LogP contribution is -2.42. The number of carbonyl (C=O) groups is 1. The summed E-state index contributed by atoms with van der Waals surface area (Å²) < 4.78 is 5.48. The van der Waals surface area contributed by atoms with E-state index in [4.69, 9.17) is 4.74 Å². The van der Waals surface area contributed by atoms with Crippen molar-refractivity contribution in [3.05, 3.63) is 18.5 Å². The summed E-state index contributed by atoms with van der Waals surface area (Å²) >= 11 is 0. The van der Waals surface area contributed by atoms with Crippen molar-refractivity contribution >= 4 is 17.5 Å². The Morgan fingerprint density at radius 2 is 1.55 bits per heavy atom. The molecular weight excluding hydrogens is 364 g/mol. The Bertz CT molecular complexity index is 645. The summed E-state index contributed by atoms with van der Waals surface area (Å²) in [5, 5.41) is 7.11. The molecule has 1 aliphatic heterocycles. The van der Waals surface area contributed by atoms with Gasteiger partial charge in [0.15, 0.2) is 0 Å². The van der Waals surface area contributed by atoms with Gasteiger partial charge < -0.3 is 20.3 Å². The smallest absolute Gasteiger partial charge is 0.410 e. The van der Waals surface area contributed by atoms with Crippen LogP contribution < -0.4 is 10.6 Å². The number of piperidine rings is 1. The summed E-state index contributed by atoms with van der Waals surface area (Å²) in [7, 11) is 0. The maximum absolute atomic E-state index is 12.2. The Labute approximate surface area is 175 Å². The largest absolute Gasteiger partial charge is 0.444 e. The van der Waals surface area contributed by atoms with E-state index < -0.39 is 5.60 Å². The average Bonchev–Trinajstić information content (AvgIpc) is 2.71. The summed E-state index contributed by atoms with van der Waals surface area (Å²) in [5.74, 6) is 1.36. The predicted octanol–water partition coefficient (Wildman–Crippen LogP) is 5.13. The van der Waals surface area contributed by atoms with Crippen LogP contribution in [0.25, 0.3) is 0 Å². The fourth-order valence-corrected chi connectivity index (χ4v) is 4.20. The van der Waals surface area contributed by atoms with Crippen molar-refractivity contribution in [3.63, 3.8) is 0 Å². The molecule has 2 heterocycles. The summed E-state index contributed by atoms with van der Waals surface area (Å²) in [6.07, 6.45) is 12.4. The maximum Gasteiger partial charge on any atom is 0.410 e. The van der Waals surface area contributed by atoms with Gasteiger partial charge in [0.25, 0.3) is 0 Å². The molecular formula is C23H38N4O2. The van der Waals surface area contributed by atoms with Gasteiger partial charge in [-0.05, 0) is 64.4 Å². The first-order valence-corrected chi connectivity index (χ1v) is 11.3. The highest BCUT2D eigenvalue weighted by molar-refractivity contribution is 5.68. The lowest BCUT2D eigenvalue weighted by atomic mass is 9.89. The Morgan fingerprint density at radius 1 is 1.00 bits per heavy atom. The number of hydrogen-bond donors (Lipinski definition) is 2. The minimum absolute atomic E-state index is 0.190. The van der Waals surface area contributed by atoms with Crippen LogP contribution in [-0.4, -0.2) is 47.8 Å². The van der Waals surface area contributed by atoms with Crippen LogP contribution in [0.1, 0.15) is 65.7 Å². The fourth-order valence-electron chi connectivity index (χ4n) is 4.20. The second-order valence-electron chi connectivity index (χ2n) is 9.64. The van der Waals surface area contributed by atoms with Gasteiger partial charge in [-0.25, -0.2) is 4.79 Å². The molecule has 2 N–H and O–H groups in total. The van der Waals surface area contributed by atoms with Gasteiger partial charge in [0.05, 0.1) is 23.8 Å². The van der Waals surface area contributed by atoms with Crippen molar-refractivity contribution in [2.75, 3.05) is 36.8 Å². The van der Waals surface area contributed by atoms with Crippen LogP contribution in [0.15, 0.2) is 18.5 Å². The Morgan fingerprint density at radius 3 is 2.10 bits per heavy atom. The number of nitrogens with zero attached hydrogens (tertiary/aromatic N) is 2. The summed E-state index contributed by atoms with van der Waals surface area (Å²) in [5.41, 5.74) is 1.73. The second-order valence-corrected chi connectivity index (χ2v) is 9.64. The monoisotopic (exact) mass is 402 g/mol. The molecule has 0 atom stereocenters. The molecule has 29 heavy (non-hydrogen) atoms. The van der Waals surface area contributed by atoms with Crippen LogP contribution in [0.5, 0.6) is 0 Å². The van der Waals surface area contributed by atoms with Crippen molar-refractivity contribution < 1.29 is 9.53 Å². The van der Waals surface area contributed by atoms with E-state index in [0.717, 1.165) is 56.3 Å². The lowest BCUT2D eigenvalue weighted by molar-refractivity contribution is 0.0188. The van der Waals surface area contributed by atoms with Crippen molar-refractivity contribution in [1.82, 2.24) is 9.88 Å². The standard InChI is InChI=1S/C23H38N4O2/c1-23(2,3)29-22(28)27-11-9-19(10-12-27)15-26-21-13-20(16-24-17-21)25-14-18-7-5-4-6-8-18/h13,16-19,25-26H,4-12,14-15H2,1-3H3. The zero-order valence-electron chi connectivity index (χ0n) is 18.4. The third-order valence-electron chi connectivity index (χ3n) is 5.92. The fraction of sp³-hybridized carbons (Fsp3) is 0.739. The number of pyridine rings is 1. The molecule has 0 bridgehead atoms. The number of anilines is 2. The molecule has 0 aromatic carbocycles. The van der Waals surface area contributed by atoms with E-state index in [1.807, 2.05) is 38.1 Å². The SMILES string of the molecule is CC(C)(C)OC(=O)N1CCC(CNc2cncc(NCC3CCCCC3)c2)CC1. The Kier molecular flexibility index (Phi) is 7.62. The molecule has 1 aliphatic carbocycles. The van der Waals surface area contributed by atoms with Gasteiger partial charge in [-0.1, -0.05) is 19.3 Å². The molecule has 2 aliphatic rings. The molecule has 6 nitrogen and oxygen atoms in total. The van der Waals surface area contributed by atoms with E-state index in [1.54, 1.807) is 0 Å². The first-order valence-electron chi connectivity index (χ1n) is 11.3. The van der Waals surface area contributed by atoms with E-state index in [-0.39, 0.29) is 6.09 Å². The van der Waals surface area contributed by atoms with Gasteiger partial charge in [-0.15, -0.1) is 0 Å². The number of aromatic nitrogens is 1. The number of hydrogen-bond acceptors (Lipinski definition) is 5. The topological polar surface area (TPSA) is 66.5 Å². The molecule has 3 rings (SSSR count). The number of rotatable bonds is 6. The van der Waals surface area contributed by atoms with E-state index in [9.17, 15) is 4.79 Å². The number of likely N-dealkylation sites (tertiary alicyclic amines) is 1. The maximum atomic E-state index is 12.2. The first-order chi connectivity index (χ1) is 13.9. The molecule has 0 unspecified atom stereocenters. The zero-order valence-corrected chi connectivity index (χ0v) is 18.4. The van der Waals surface area contributed by atoms with Gasteiger partial charge in [0, 0.05) is 26.2 Å². The Hall–Kier alpha value is -1.98. The van der Waals surface area contributed by atoms with Gasteiger partial charge in [-0.2, -0.15) is 0 Å². The predicted molar refractivity (Wildman–Crippen MR) is 118 cm³/mol. The van der Waals surface area contributed by atoms with Crippen LogP contribution >= 0.6 is 0 Å². The highest BCUT2D eigenvalue weighted by atomic mass is 16.6. The number of ether oxygens (including phenoxy) is 1. The molecule has 6 heteroatoms. The second kappa shape index (κ2) is 10.2. The van der Waals surface area contributed by atoms with E-state index >= 15 is 0 Å². The van der Waals surface area contributed by atoms with Crippen LogP contribution in [0.3, 0.4) is 0 Å². The van der Waals surface area contributed by atoms with Crippen molar-refractivity contribution in [1.29, 1.82) is 0 Å². The molecule has 1 aromatic heterocycles. The minimum atomic E-state index is -0.432. The minimum Gasteiger partial charge on any atom is -0.444 e. The van der Waals surface area contributed by atoms with E-state index in [1.165, 1.54) is 32.1 Å². The van der Waals surface area contributed by atoms with Crippen LogP contribution in [0, 0.1) is 11.8 Å². The van der Waals surface area contributed by atoms with Gasteiger partial charge >= 0.3 is 6.09 Å². The molecule has 1 aromatic rings. The summed E-state index contributed by atoms with van der Waals surface area (Å²) in [6, 6.07) is 2.16. The molecule has 0 spiro atoms. The van der Waals surface area contributed by atoms with Crippen LogP contribution in [-0.2, 0) is 4.74 Å². The number of carbonyl (C=O) groups excluding carboxylic acids is 1. The van der Waals surface area contributed by atoms with Crippen molar-refractivity contribution in [3.8, 4) is 0 Å². The van der Waals surface area contributed by atoms with Crippen LogP contribution in [0.2, 0.25) is 0 Å². The first kappa shape index (κ1) is 21.7. The Balaban J connectivity index is 1.38. The third kappa shape index (κ3) is 7.41. The zero-order chi connectivity index (χ0) is 20.7. The summed E-state index contributed by atoms with van der Waals surface area (Å²) in [4.78, 5) is 18.4. The molecule has 0 radical (unpaired) electrons. The molecule has 1 saturated carbocycles. The third-order valence-corrected chi connectivity index (χ3v) is 5.92. The van der Waals surface area contributed by atoms with Crippen molar-refractivity contribution in [2.45, 2.75) is 71.3 Å². The quantitative estimate of drug-likeness (QED) is 0.690. The normalized spacial score (nSPS) is 19.1. The summed E-state index contributed by atoms with van der Waals surface area (Å²) in [6.45, 7) is 9.23. The molecule has 1 saturated heterocycles. The van der Waals surface area contributed by atoms with Gasteiger partial charge in [0.2, 0.25) is 0 Å². The number of amides is 1. The number of nitrogens with one attached hydrogen (secondary N) is 2. The average molecular weight is 403 g/mol. The molecule has 1 amide bonds. The highest BCUT2D eigenvalue weighted by Gasteiger charge is 2.26. The van der Waals surface area contributed by atoms with E-state index in [0.29, 0.717) is 5.92 Å². The van der Waals surface area contributed by atoms with Crippen LogP contribution in [0.4, 0.5) is 16.2 Å².